The Morgan fingerprint density at radius 3 is 3.06 bits per heavy atom. The average Bonchev–Trinajstić information content (AvgIpc) is 2.42. The Balaban J connectivity index is 2.51. The Kier molecular flexibility index (Phi) is 5.70. The highest BCUT2D eigenvalue weighted by Crippen LogP contribution is 1.96. The molecule has 0 saturated carbocycles. The minimum Gasteiger partial charge on any atom is -0.386 e. The van der Waals surface area contributed by atoms with Gasteiger partial charge in [0.05, 0.1) is 0 Å². The van der Waals surface area contributed by atoms with E-state index < -0.39 is 5.91 Å². The van der Waals surface area contributed by atoms with Gasteiger partial charge in [0.1, 0.15) is 11.6 Å². The number of hydrogen-bond donors (Lipinski definition) is 2. The summed E-state index contributed by atoms with van der Waals surface area (Å²) >= 11 is 0. The van der Waals surface area contributed by atoms with Crippen LogP contribution in [-0.4, -0.2) is 17.4 Å². The lowest BCUT2D eigenvalue weighted by atomic mass is 10.2. The normalized spacial score (nSPS) is 10.3. The van der Waals surface area contributed by atoms with Gasteiger partial charge in [-0.15, -0.1) is 6.58 Å². The van der Waals surface area contributed by atoms with Crippen molar-refractivity contribution in [1.29, 1.82) is 5.26 Å². The summed E-state index contributed by atoms with van der Waals surface area (Å²) in [5, 5.41) is 14.3. The summed E-state index contributed by atoms with van der Waals surface area (Å²) in [7, 11) is 0. The fraction of sp³-hybridized carbons (Fsp3) is 0.154. The van der Waals surface area contributed by atoms with Gasteiger partial charge in [-0.25, -0.2) is 0 Å². The third kappa shape index (κ3) is 4.49. The van der Waals surface area contributed by atoms with Crippen molar-refractivity contribution in [2.45, 2.75) is 6.54 Å². The van der Waals surface area contributed by atoms with Crippen LogP contribution in [0.15, 0.2) is 49.0 Å². The van der Waals surface area contributed by atoms with Gasteiger partial charge in [0.2, 0.25) is 0 Å². The molecular weight excluding hydrogens is 228 g/mol. The topological polar surface area (TPSA) is 77.8 Å². The number of pyridine rings is 1. The third-order valence-electron chi connectivity index (χ3n) is 2.05. The van der Waals surface area contributed by atoms with E-state index in [1.807, 2.05) is 12.1 Å². The smallest absolute Gasteiger partial charge is 0.263 e. The minimum atomic E-state index is -0.419. The van der Waals surface area contributed by atoms with Gasteiger partial charge < -0.3 is 10.6 Å². The summed E-state index contributed by atoms with van der Waals surface area (Å²) in [6.45, 7) is 4.36. The Hall–Kier alpha value is -2.61. The molecule has 1 amide bonds. The number of carbonyl (C=O) groups excluding carboxylic acids is 1. The fourth-order valence-corrected chi connectivity index (χ4v) is 1.17. The van der Waals surface area contributed by atoms with Crippen LogP contribution in [0.3, 0.4) is 0 Å². The van der Waals surface area contributed by atoms with Crippen LogP contribution >= 0.6 is 0 Å². The van der Waals surface area contributed by atoms with Gasteiger partial charge in [-0.2, -0.15) is 5.26 Å². The van der Waals surface area contributed by atoms with E-state index in [-0.39, 0.29) is 5.57 Å². The van der Waals surface area contributed by atoms with E-state index in [0.717, 1.165) is 5.56 Å². The molecular formula is C13H14N4O. The lowest BCUT2D eigenvalue weighted by Gasteiger charge is -2.04. The molecule has 0 spiro atoms. The van der Waals surface area contributed by atoms with Gasteiger partial charge in [-0.05, 0) is 11.6 Å². The van der Waals surface area contributed by atoms with Gasteiger partial charge in [0, 0.05) is 31.7 Å². The molecule has 0 atom stereocenters. The standard InChI is InChI=1S/C13H14N4O/c1-2-5-15-10-12(7-14)13(18)17-9-11-4-3-6-16-8-11/h2-4,6,8,10,15H,1,5,9H2,(H,17,18)/b12-10-. The number of rotatable bonds is 6. The number of hydrogen-bond acceptors (Lipinski definition) is 4. The van der Waals surface area contributed by atoms with E-state index in [1.54, 1.807) is 24.5 Å². The molecule has 5 nitrogen and oxygen atoms in total. The zero-order chi connectivity index (χ0) is 13.2. The zero-order valence-corrected chi connectivity index (χ0v) is 9.89. The molecule has 1 rings (SSSR count). The highest BCUT2D eigenvalue weighted by molar-refractivity contribution is 5.97. The van der Waals surface area contributed by atoms with Gasteiger partial charge in [0.15, 0.2) is 0 Å². The lowest BCUT2D eigenvalue weighted by molar-refractivity contribution is -0.117. The average molecular weight is 242 g/mol. The monoisotopic (exact) mass is 242 g/mol. The number of carbonyl (C=O) groups is 1. The molecule has 0 radical (unpaired) electrons. The molecule has 0 aliphatic heterocycles. The molecule has 0 aliphatic carbocycles. The largest absolute Gasteiger partial charge is 0.386 e. The van der Waals surface area contributed by atoms with Crippen LogP contribution in [0.2, 0.25) is 0 Å². The van der Waals surface area contributed by atoms with Gasteiger partial charge in [-0.3, -0.25) is 9.78 Å². The second kappa shape index (κ2) is 7.63. The van der Waals surface area contributed by atoms with Gasteiger partial charge in [0.25, 0.3) is 5.91 Å². The van der Waals surface area contributed by atoms with Crippen LogP contribution in [-0.2, 0) is 11.3 Å². The minimum absolute atomic E-state index is 0.0285. The first-order chi connectivity index (χ1) is 8.77. The molecule has 0 fully saturated rings. The SMILES string of the molecule is C=CCN/C=C(/C#N)C(=O)NCc1cccnc1. The molecule has 92 valence electrons. The maximum Gasteiger partial charge on any atom is 0.263 e. The lowest BCUT2D eigenvalue weighted by Crippen LogP contribution is -2.25. The molecule has 5 heteroatoms. The first kappa shape index (κ1) is 13.5. The Morgan fingerprint density at radius 2 is 2.44 bits per heavy atom. The van der Waals surface area contributed by atoms with E-state index in [1.165, 1.54) is 6.20 Å². The summed E-state index contributed by atoms with van der Waals surface area (Å²) in [4.78, 5) is 15.6. The number of amides is 1. The molecule has 1 aromatic heterocycles. The van der Waals surface area contributed by atoms with Crippen molar-refractivity contribution in [3.8, 4) is 6.07 Å². The molecule has 1 heterocycles. The van der Waals surface area contributed by atoms with Crippen molar-refractivity contribution in [3.05, 3.63) is 54.5 Å². The summed E-state index contributed by atoms with van der Waals surface area (Å²) in [6, 6.07) is 5.47. The molecule has 0 unspecified atom stereocenters. The fourth-order valence-electron chi connectivity index (χ4n) is 1.17. The summed E-state index contributed by atoms with van der Waals surface area (Å²) in [5.41, 5.74) is 0.905. The highest BCUT2D eigenvalue weighted by atomic mass is 16.1. The van der Waals surface area contributed by atoms with Crippen LogP contribution in [0.25, 0.3) is 0 Å². The predicted molar refractivity (Wildman–Crippen MR) is 68.0 cm³/mol. The number of nitrogens with one attached hydrogen (secondary N) is 2. The van der Waals surface area contributed by atoms with Crippen molar-refractivity contribution in [1.82, 2.24) is 15.6 Å². The van der Waals surface area contributed by atoms with Crippen molar-refractivity contribution in [2.75, 3.05) is 6.54 Å². The van der Waals surface area contributed by atoms with Crippen molar-refractivity contribution >= 4 is 5.91 Å². The van der Waals surface area contributed by atoms with E-state index in [9.17, 15) is 4.79 Å². The van der Waals surface area contributed by atoms with Crippen LogP contribution < -0.4 is 10.6 Å². The Bertz CT molecular complexity index is 474. The highest BCUT2D eigenvalue weighted by Gasteiger charge is 2.07. The van der Waals surface area contributed by atoms with Crippen LogP contribution in [0.1, 0.15) is 5.56 Å². The van der Waals surface area contributed by atoms with E-state index >= 15 is 0 Å². The zero-order valence-electron chi connectivity index (χ0n) is 9.89. The molecule has 0 bridgehead atoms. The maximum atomic E-state index is 11.7. The van der Waals surface area contributed by atoms with E-state index in [4.69, 9.17) is 5.26 Å². The second-order valence-corrected chi connectivity index (χ2v) is 3.41. The number of nitrogens with zero attached hydrogens (tertiary/aromatic N) is 2. The molecule has 0 saturated heterocycles. The molecule has 0 aromatic carbocycles. The maximum absolute atomic E-state index is 11.7. The summed E-state index contributed by atoms with van der Waals surface area (Å²) in [6.07, 6.45) is 6.33. The number of nitriles is 1. The van der Waals surface area contributed by atoms with Crippen LogP contribution in [0.4, 0.5) is 0 Å². The predicted octanol–water partition coefficient (Wildman–Crippen LogP) is 0.881. The Labute approximate surface area is 106 Å². The quantitative estimate of drug-likeness (QED) is 0.336. The molecule has 18 heavy (non-hydrogen) atoms. The van der Waals surface area contributed by atoms with Crippen molar-refractivity contribution < 1.29 is 4.79 Å². The van der Waals surface area contributed by atoms with Crippen LogP contribution in [0, 0.1) is 11.3 Å². The molecule has 1 aromatic rings. The van der Waals surface area contributed by atoms with Gasteiger partial charge >= 0.3 is 0 Å². The summed E-state index contributed by atoms with van der Waals surface area (Å²) in [5.74, 6) is -0.419. The van der Waals surface area contributed by atoms with Gasteiger partial charge in [-0.1, -0.05) is 12.1 Å². The number of aromatic nitrogens is 1. The Morgan fingerprint density at radius 1 is 1.61 bits per heavy atom. The van der Waals surface area contributed by atoms with Crippen LogP contribution in [0.5, 0.6) is 0 Å². The molecule has 0 aliphatic rings. The van der Waals surface area contributed by atoms with E-state index in [2.05, 4.69) is 22.2 Å². The second-order valence-electron chi connectivity index (χ2n) is 3.41. The van der Waals surface area contributed by atoms with Crippen molar-refractivity contribution in [3.63, 3.8) is 0 Å². The first-order valence-corrected chi connectivity index (χ1v) is 5.39. The first-order valence-electron chi connectivity index (χ1n) is 5.39. The summed E-state index contributed by atoms with van der Waals surface area (Å²) < 4.78 is 0. The van der Waals surface area contributed by atoms with Crippen molar-refractivity contribution in [2.24, 2.45) is 0 Å². The molecule has 2 N–H and O–H groups in total. The van der Waals surface area contributed by atoms with E-state index in [0.29, 0.717) is 13.1 Å². The third-order valence-corrected chi connectivity index (χ3v) is 2.05.